The molecule has 0 amide bonds. The first-order valence-corrected chi connectivity index (χ1v) is 6.73. The molecule has 18 heavy (non-hydrogen) atoms. The molecule has 108 valence electrons. The minimum absolute atomic E-state index is 0.355. The molecule has 0 spiro atoms. The molecule has 0 radical (unpaired) electrons. The highest BCUT2D eigenvalue weighted by molar-refractivity contribution is 4.67. The zero-order chi connectivity index (χ0) is 13.2. The molecule has 6 nitrogen and oxygen atoms in total. The van der Waals surface area contributed by atoms with E-state index in [9.17, 15) is 5.11 Å². The third kappa shape index (κ3) is 7.25. The lowest BCUT2D eigenvalue weighted by atomic mass is 10.3. The van der Waals surface area contributed by atoms with Crippen molar-refractivity contribution in [3.63, 3.8) is 0 Å². The van der Waals surface area contributed by atoms with Gasteiger partial charge in [0.25, 0.3) is 0 Å². The van der Waals surface area contributed by atoms with E-state index < -0.39 is 6.10 Å². The summed E-state index contributed by atoms with van der Waals surface area (Å²) in [5.74, 6) is 0. The van der Waals surface area contributed by atoms with Crippen molar-refractivity contribution in [3.8, 4) is 0 Å². The zero-order valence-electron chi connectivity index (χ0n) is 11.6. The fourth-order valence-corrected chi connectivity index (χ4v) is 1.74. The lowest BCUT2D eigenvalue weighted by molar-refractivity contribution is -0.00395. The standard InChI is InChI=1S/C12H27N3O3/c1-3-17-8-9-18-11-12(16)10-13-15-6-4-14(2)5-7-15/h12-13,16H,3-11H2,1-2H3. The van der Waals surface area contributed by atoms with Crippen LogP contribution in [0.4, 0.5) is 0 Å². The SMILES string of the molecule is CCOCCOCC(O)CNN1CCN(C)CC1. The highest BCUT2D eigenvalue weighted by atomic mass is 16.5. The Labute approximate surface area is 110 Å². The molecule has 0 bridgehead atoms. The summed E-state index contributed by atoms with van der Waals surface area (Å²) in [6.45, 7) is 8.80. The Kier molecular flexibility index (Phi) is 8.49. The molecule has 1 aliphatic rings. The third-order valence-corrected chi connectivity index (χ3v) is 2.94. The second kappa shape index (κ2) is 9.66. The van der Waals surface area contributed by atoms with Gasteiger partial charge in [-0.1, -0.05) is 0 Å². The van der Waals surface area contributed by atoms with Crippen LogP contribution >= 0.6 is 0 Å². The van der Waals surface area contributed by atoms with Gasteiger partial charge in [-0.2, -0.15) is 0 Å². The largest absolute Gasteiger partial charge is 0.389 e. The predicted octanol–water partition coefficient (Wildman–Crippen LogP) is -0.848. The van der Waals surface area contributed by atoms with Gasteiger partial charge in [-0.05, 0) is 14.0 Å². The van der Waals surface area contributed by atoms with Crippen LogP contribution in [-0.4, -0.2) is 87.3 Å². The summed E-state index contributed by atoms with van der Waals surface area (Å²) < 4.78 is 10.5. The minimum Gasteiger partial charge on any atom is -0.389 e. The van der Waals surface area contributed by atoms with Crippen LogP contribution < -0.4 is 5.43 Å². The molecule has 1 fully saturated rings. The third-order valence-electron chi connectivity index (χ3n) is 2.94. The lowest BCUT2D eigenvalue weighted by Gasteiger charge is -2.33. The average Bonchev–Trinajstić information content (AvgIpc) is 2.38. The number of aliphatic hydroxyl groups is 1. The number of likely N-dealkylation sites (N-methyl/N-ethyl adjacent to an activating group) is 1. The number of aliphatic hydroxyl groups excluding tert-OH is 1. The quantitative estimate of drug-likeness (QED) is 0.528. The van der Waals surface area contributed by atoms with Crippen LogP contribution in [0.5, 0.6) is 0 Å². The Balaban J connectivity index is 1.94. The van der Waals surface area contributed by atoms with Crippen molar-refractivity contribution in [1.29, 1.82) is 0 Å². The summed E-state index contributed by atoms with van der Waals surface area (Å²) in [6, 6.07) is 0. The molecular weight excluding hydrogens is 234 g/mol. The highest BCUT2D eigenvalue weighted by Gasteiger charge is 2.14. The van der Waals surface area contributed by atoms with Crippen LogP contribution in [0.2, 0.25) is 0 Å². The molecule has 1 atom stereocenters. The fourth-order valence-electron chi connectivity index (χ4n) is 1.74. The molecule has 0 saturated carbocycles. The first kappa shape index (κ1) is 15.8. The molecule has 1 aliphatic heterocycles. The van der Waals surface area contributed by atoms with Gasteiger partial charge in [-0.3, -0.25) is 5.43 Å². The van der Waals surface area contributed by atoms with Gasteiger partial charge in [0.2, 0.25) is 0 Å². The summed E-state index contributed by atoms with van der Waals surface area (Å²) >= 11 is 0. The van der Waals surface area contributed by atoms with Crippen molar-refractivity contribution in [1.82, 2.24) is 15.3 Å². The van der Waals surface area contributed by atoms with Gasteiger partial charge in [-0.25, -0.2) is 5.01 Å². The summed E-state index contributed by atoms with van der Waals surface area (Å²) in [4.78, 5) is 2.30. The van der Waals surface area contributed by atoms with E-state index in [1.54, 1.807) is 0 Å². The van der Waals surface area contributed by atoms with Crippen LogP contribution in [0.1, 0.15) is 6.92 Å². The number of ether oxygens (including phenoxy) is 2. The molecule has 1 rings (SSSR count). The van der Waals surface area contributed by atoms with Crippen molar-refractivity contribution in [2.24, 2.45) is 0 Å². The van der Waals surface area contributed by atoms with Gasteiger partial charge in [0.1, 0.15) is 0 Å². The Morgan fingerprint density at radius 1 is 1.17 bits per heavy atom. The van der Waals surface area contributed by atoms with E-state index in [1.165, 1.54) is 0 Å². The Morgan fingerprint density at radius 2 is 1.83 bits per heavy atom. The highest BCUT2D eigenvalue weighted by Crippen LogP contribution is 1.95. The topological polar surface area (TPSA) is 57.2 Å². The van der Waals surface area contributed by atoms with Gasteiger partial charge >= 0.3 is 0 Å². The maximum Gasteiger partial charge on any atom is 0.0911 e. The smallest absolute Gasteiger partial charge is 0.0911 e. The van der Waals surface area contributed by atoms with Gasteiger partial charge < -0.3 is 19.5 Å². The van der Waals surface area contributed by atoms with Gasteiger partial charge in [-0.15, -0.1) is 0 Å². The first-order chi connectivity index (χ1) is 8.72. The monoisotopic (exact) mass is 261 g/mol. The minimum atomic E-state index is -0.466. The molecule has 6 heteroatoms. The predicted molar refractivity (Wildman–Crippen MR) is 70.4 cm³/mol. The fraction of sp³-hybridized carbons (Fsp3) is 1.00. The number of piperazine rings is 1. The van der Waals surface area contributed by atoms with E-state index in [2.05, 4.69) is 22.4 Å². The van der Waals surface area contributed by atoms with Crippen molar-refractivity contribution in [3.05, 3.63) is 0 Å². The number of nitrogens with zero attached hydrogens (tertiary/aromatic N) is 2. The molecule has 0 aromatic carbocycles. The van der Waals surface area contributed by atoms with Crippen LogP contribution in [0.3, 0.4) is 0 Å². The number of hydrogen-bond acceptors (Lipinski definition) is 6. The average molecular weight is 261 g/mol. The molecule has 0 aromatic rings. The van der Waals surface area contributed by atoms with Crippen molar-refractivity contribution < 1.29 is 14.6 Å². The van der Waals surface area contributed by atoms with Crippen molar-refractivity contribution in [2.75, 3.05) is 66.2 Å². The molecule has 1 heterocycles. The molecule has 0 aromatic heterocycles. The van der Waals surface area contributed by atoms with Gasteiger partial charge in [0, 0.05) is 39.3 Å². The van der Waals surface area contributed by atoms with E-state index in [1.807, 2.05) is 6.92 Å². The summed E-state index contributed by atoms with van der Waals surface area (Å²) in [5.41, 5.74) is 3.24. The van der Waals surface area contributed by atoms with Crippen LogP contribution in [0.15, 0.2) is 0 Å². The molecule has 0 aliphatic carbocycles. The summed E-state index contributed by atoms with van der Waals surface area (Å²) in [7, 11) is 2.12. The molecular formula is C12H27N3O3. The van der Waals surface area contributed by atoms with E-state index >= 15 is 0 Å². The van der Waals surface area contributed by atoms with Crippen LogP contribution in [0, 0.1) is 0 Å². The maximum atomic E-state index is 9.72. The van der Waals surface area contributed by atoms with E-state index in [4.69, 9.17) is 9.47 Å². The lowest BCUT2D eigenvalue weighted by Crippen LogP contribution is -2.52. The summed E-state index contributed by atoms with van der Waals surface area (Å²) in [5, 5.41) is 11.9. The van der Waals surface area contributed by atoms with E-state index in [0.29, 0.717) is 33.0 Å². The van der Waals surface area contributed by atoms with E-state index in [0.717, 1.165) is 26.2 Å². The second-order valence-corrected chi connectivity index (χ2v) is 4.58. The Hall–Kier alpha value is -0.240. The van der Waals surface area contributed by atoms with Crippen molar-refractivity contribution in [2.45, 2.75) is 13.0 Å². The van der Waals surface area contributed by atoms with Crippen LogP contribution in [-0.2, 0) is 9.47 Å². The first-order valence-electron chi connectivity index (χ1n) is 6.73. The van der Waals surface area contributed by atoms with Gasteiger partial charge in [0.15, 0.2) is 0 Å². The Bertz CT molecular complexity index is 199. The normalized spacial score (nSPS) is 20.2. The second-order valence-electron chi connectivity index (χ2n) is 4.58. The summed E-state index contributed by atoms with van der Waals surface area (Å²) in [6.07, 6.45) is -0.466. The van der Waals surface area contributed by atoms with Gasteiger partial charge in [0.05, 0.1) is 25.9 Å². The van der Waals surface area contributed by atoms with Crippen molar-refractivity contribution >= 4 is 0 Å². The zero-order valence-corrected chi connectivity index (χ0v) is 11.6. The van der Waals surface area contributed by atoms with E-state index in [-0.39, 0.29) is 0 Å². The number of rotatable bonds is 9. The number of hydrogen-bond donors (Lipinski definition) is 2. The van der Waals surface area contributed by atoms with Crippen LogP contribution in [0.25, 0.3) is 0 Å². The molecule has 1 saturated heterocycles. The molecule has 2 N–H and O–H groups in total. The number of nitrogens with one attached hydrogen (secondary N) is 1. The molecule has 1 unspecified atom stereocenters. The maximum absolute atomic E-state index is 9.72. The number of hydrazine groups is 1. The Morgan fingerprint density at radius 3 is 2.50 bits per heavy atom.